The van der Waals surface area contributed by atoms with Gasteiger partial charge in [-0.25, -0.2) is 9.07 Å². The Morgan fingerprint density at radius 1 is 1.27 bits per heavy atom. The molecule has 0 saturated carbocycles. The van der Waals surface area contributed by atoms with Crippen molar-refractivity contribution in [2.75, 3.05) is 19.6 Å². The van der Waals surface area contributed by atoms with E-state index in [9.17, 15) is 14.0 Å². The number of likely N-dealkylation sites (tertiary alicyclic amines) is 2. The fraction of sp³-hybridized carbons (Fsp3) is 0.529. The van der Waals surface area contributed by atoms with Crippen molar-refractivity contribution in [1.29, 1.82) is 0 Å². The van der Waals surface area contributed by atoms with Crippen LogP contribution >= 0.6 is 0 Å². The highest BCUT2D eigenvalue weighted by Gasteiger charge is 2.36. The van der Waals surface area contributed by atoms with Crippen LogP contribution in [0.25, 0.3) is 0 Å². The average Bonchev–Trinajstić information content (AvgIpc) is 3.41. The lowest BCUT2D eigenvalue weighted by Gasteiger charge is -2.23. The lowest BCUT2D eigenvalue weighted by molar-refractivity contribution is 0.0712. The van der Waals surface area contributed by atoms with Gasteiger partial charge in [-0.15, -0.1) is 5.10 Å². The number of aromatic nitrogens is 3. The largest absolute Gasteiger partial charge is 0.472 e. The van der Waals surface area contributed by atoms with Crippen LogP contribution in [0, 0.1) is 0 Å². The van der Waals surface area contributed by atoms with Crippen LogP contribution in [0.2, 0.25) is 0 Å². The van der Waals surface area contributed by atoms with Gasteiger partial charge < -0.3 is 14.2 Å². The van der Waals surface area contributed by atoms with E-state index < -0.39 is 6.17 Å². The van der Waals surface area contributed by atoms with E-state index in [0.29, 0.717) is 12.1 Å². The molecule has 0 bridgehead atoms. The Balaban J connectivity index is 1.45. The molecule has 2 aromatic rings. The molecule has 4 heterocycles. The van der Waals surface area contributed by atoms with E-state index in [-0.39, 0.29) is 36.5 Å². The minimum absolute atomic E-state index is 0.0446. The van der Waals surface area contributed by atoms with Crippen LogP contribution in [0.5, 0.6) is 0 Å². The number of nitrogens with zero attached hydrogens (tertiary/aromatic N) is 5. The second-order valence-electron chi connectivity index (χ2n) is 6.78. The molecular weight excluding hydrogens is 341 g/mol. The van der Waals surface area contributed by atoms with Crippen molar-refractivity contribution < 1.29 is 18.4 Å². The van der Waals surface area contributed by atoms with Crippen LogP contribution in [-0.2, 0) is 6.54 Å². The Morgan fingerprint density at radius 2 is 2.08 bits per heavy atom. The van der Waals surface area contributed by atoms with Crippen LogP contribution in [0.1, 0.15) is 40.1 Å². The number of furan rings is 1. The zero-order chi connectivity index (χ0) is 18.1. The SMILES string of the molecule is O=C(c1cn(CC2CC(F)CN2C(=O)c2ccoc2)nn1)N1CCCC1. The standard InChI is InChI=1S/C17H20FN5O3/c18-13-7-14(23(8-13)16(24)12-3-6-26-11-12)9-22-10-15(19-20-22)17(25)21-4-1-2-5-21/h3,6,10-11,13-14H,1-2,4-5,7-9H2. The Kier molecular flexibility index (Phi) is 4.44. The van der Waals surface area contributed by atoms with Gasteiger partial charge >= 0.3 is 0 Å². The number of hydrogen-bond acceptors (Lipinski definition) is 5. The van der Waals surface area contributed by atoms with Gasteiger partial charge in [0.05, 0.1) is 37.2 Å². The highest BCUT2D eigenvalue weighted by Crippen LogP contribution is 2.24. The molecule has 9 heteroatoms. The molecular formula is C17H20FN5O3. The predicted molar refractivity (Wildman–Crippen MR) is 88.2 cm³/mol. The Morgan fingerprint density at radius 3 is 2.81 bits per heavy atom. The molecule has 0 aromatic carbocycles. The van der Waals surface area contributed by atoms with Crippen molar-refractivity contribution in [3.63, 3.8) is 0 Å². The second kappa shape index (κ2) is 6.89. The number of carbonyl (C=O) groups excluding carboxylic acids is 2. The summed E-state index contributed by atoms with van der Waals surface area (Å²) in [6, 6.07) is 1.22. The first-order valence-corrected chi connectivity index (χ1v) is 8.78. The van der Waals surface area contributed by atoms with E-state index in [0.717, 1.165) is 25.9 Å². The van der Waals surface area contributed by atoms with Crippen LogP contribution in [0.3, 0.4) is 0 Å². The molecule has 2 unspecified atom stereocenters. The molecule has 0 aliphatic carbocycles. The van der Waals surface area contributed by atoms with Crippen molar-refractivity contribution in [2.45, 2.75) is 38.0 Å². The van der Waals surface area contributed by atoms with Gasteiger partial charge in [-0.05, 0) is 18.9 Å². The molecule has 2 aliphatic rings. The number of amides is 2. The van der Waals surface area contributed by atoms with E-state index in [1.54, 1.807) is 17.2 Å². The third-order valence-corrected chi connectivity index (χ3v) is 4.94. The van der Waals surface area contributed by atoms with E-state index in [4.69, 9.17) is 4.42 Å². The third kappa shape index (κ3) is 3.21. The summed E-state index contributed by atoms with van der Waals surface area (Å²) in [5, 5.41) is 7.95. The molecule has 4 rings (SSSR count). The molecule has 0 spiro atoms. The summed E-state index contributed by atoms with van der Waals surface area (Å²) in [5.74, 6) is -0.396. The van der Waals surface area contributed by atoms with Gasteiger partial charge in [0, 0.05) is 19.5 Å². The van der Waals surface area contributed by atoms with Gasteiger partial charge in [0.25, 0.3) is 11.8 Å². The monoisotopic (exact) mass is 361 g/mol. The van der Waals surface area contributed by atoms with Gasteiger partial charge in [-0.1, -0.05) is 5.21 Å². The normalized spacial score (nSPS) is 23.0. The van der Waals surface area contributed by atoms with Gasteiger partial charge in [0.1, 0.15) is 12.4 Å². The van der Waals surface area contributed by atoms with Crippen LogP contribution in [0.15, 0.2) is 29.2 Å². The summed E-state index contributed by atoms with van der Waals surface area (Å²) >= 11 is 0. The molecule has 0 N–H and O–H groups in total. The maximum Gasteiger partial charge on any atom is 0.276 e. The number of rotatable bonds is 4. The fourth-order valence-electron chi connectivity index (χ4n) is 3.62. The third-order valence-electron chi connectivity index (χ3n) is 4.94. The summed E-state index contributed by atoms with van der Waals surface area (Å²) < 4.78 is 20.4. The lowest BCUT2D eigenvalue weighted by Crippen LogP contribution is -2.38. The van der Waals surface area contributed by atoms with Crippen molar-refractivity contribution >= 4 is 11.8 Å². The van der Waals surface area contributed by atoms with Gasteiger partial charge in [0.2, 0.25) is 0 Å². The average molecular weight is 361 g/mol. The lowest BCUT2D eigenvalue weighted by atomic mass is 10.2. The summed E-state index contributed by atoms with van der Waals surface area (Å²) in [7, 11) is 0. The molecule has 2 aromatic heterocycles. The second-order valence-corrected chi connectivity index (χ2v) is 6.78. The van der Waals surface area contributed by atoms with Gasteiger partial charge in [-0.3, -0.25) is 9.59 Å². The fourth-order valence-corrected chi connectivity index (χ4v) is 3.62. The highest BCUT2D eigenvalue weighted by atomic mass is 19.1. The van der Waals surface area contributed by atoms with Gasteiger partial charge in [-0.2, -0.15) is 0 Å². The number of alkyl halides is 1. The minimum Gasteiger partial charge on any atom is -0.472 e. The minimum atomic E-state index is -1.08. The summed E-state index contributed by atoms with van der Waals surface area (Å²) in [5.41, 5.74) is 0.682. The molecule has 8 nitrogen and oxygen atoms in total. The van der Waals surface area contributed by atoms with Crippen molar-refractivity contribution in [3.05, 3.63) is 36.0 Å². The van der Waals surface area contributed by atoms with Crippen LogP contribution < -0.4 is 0 Å². The summed E-state index contributed by atoms with van der Waals surface area (Å²) in [6.07, 6.45) is 5.51. The first-order valence-electron chi connectivity index (χ1n) is 8.78. The van der Waals surface area contributed by atoms with E-state index in [1.165, 1.54) is 22.1 Å². The molecule has 2 fully saturated rings. The zero-order valence-corrected chi connectivity index (χ0v) is 14.3. The van der Waals surface area contributed by atoms with E-state index in [1.807, 2.05) is 0 Å². The maximum atomic E-state index is 13.9. The molecule has 0 radical (unpaired) electrons. The van der Waals surface area contributed by atoms with Crippen molar-refractivity contribution in [2.24, 2.45) is 0 Å². The Labute approximate surface area is 149 Å². The first-order chi connectivity index (χ1) is 12.6. The predicted octanol–water partition coefficient (Wildman–Crippen LogP) is 1.36. The topological polar surface area (TPSA) is 84.5 Å². The molecule has 2 aliphatic heterocycles. The number of hydrogen-bond donors (Lipinski definition) is 0. The smallest absolute Gasteiger partial charge is 0.276 e. The van der Waals surface area contributed by atoms with Crippen molar-refractivity contribution in [3.8, 4) is 0 Å². The number of halogens is 1. The highest BCUT2D eigenvalue weighted by molar-refractivity contribution is 5.94. The molecule has 26 heavy (non-hydrogen) atoms. The molecule has 2 saturated heterocycles. The van der Waals surface area contributed by atoms with E-state index >= 15 is 0 Å². The van der Waals surface area contributed by atoms with E-state index in [2.05, 4.69) is 10.3 Å². The molecule has 2 atom stereocenters. The van der Waals surface area contributed by atoms with Gasteiger partial charge in [0.15, 0.2) is 5.69 Å². The Bertz CT molecular complexity index is 784. The molecule has 138 valence electrons. The Hall–Kier alpha value is -2.71. The maximum absolute atomic E-state index is 13.9. The van der Waals surface area contributed by atoms with Crippen molar-refractivity contribution in [1.82, 2.24) is 24.8 Å². The van der Waals surface area contributed by atoms with Crippen LogP contribution in [0.4, 0.5) is 4.39 Å². The first kappa shape index (κ1) is 16.7. The quantitative estimate of drug-likeness (QED) is 0.821. The molecule has 2 amide bonds. The summed E-state index contributed by atoms with van der Waals surface area (Å²) in [6.45, 7) is 1.82. The van der Waals surface area contributed by atoms with Crippen LogP contribution in [-0.4, -0.2) is 68.5 Å². The summed E-state index contributed by atoms with van der Waals surface area (Å²) in [4.78, 5) is 28.1. The zero-order valence-electron chi connectivity index (χ0n) is 14.3. The number of carbonyl (C=O) groups is 2.